The van der Waals surface area contributed by atoms with E-state index in [1.807, 2.05) is 0 Å². The van der Waals surface area contributed by atoms with E-state index in [1.54, 1.807) is 7.11 Å². The van der Waals surface area contributed by atoms with Gasteiger partial charge in [-0.3, -0.25) is 0 Å². The van der Waals surface area contributed by atoms with E-state index >= 15 is 0 Å². The maximum Gasteiger partial charge on any atom is 0.229 e. The van der Waals surface area contributed by atoms with Crippen molar-refractivity contribution in [2.75, 3.05) is 20.2 Å². The van der Waals surface area contributed by atoms with Gasteiger partial charge in [0.2, 0.25) is 11.7 Å². The summed E-state index contributed by atoms with van der Waals surface area (Å²) in [5.74, 6) is 2.48. The van der Waals surface area contributed by atoms with Gasteiger partial charge in [-0.05, 0) is 31.8 Å². The summed E-state index contributed by atoms with van der Waals surface area (Å²) >= 11 is 0. The Balaban J connectivity index is 1.79. The monoisotopic (exact) mass is 279 g/mol. The van der Waals surface area contributed by atoms with Crippen molar-refractivity contribution in [3.63, 3.8) is 0 Å². The van der Waals surface area contributed by atoms with Crippen LogP contribution in [0, 0.1) is 5.92 Å². The molecule has 1 saturated heterocycles. The van der Waals surface area contributed by atoms with Gasteiger partial charge in [-0.2, -0.15) is 4.98 Å². The zero-order valence-corrected chi connectivity index (χ0v) is 12.5. The number of aromatic nitrogens is 2. The molecule has 0 aromatic carbocycles. The summed E-state index contributed by atoms with van der Waals surface area (Å²) in [6.07, 6.45) is 6.92. The van der Waals surface area contributed by atoms with E-state index < -0.39 is 0 Å². The van der Waals surface area contributed by atoms with Gasteiger partial charge in [0.1, 0.15) is 5.60 Å². The topological polar surface area (TPSA) is 60.2 Å². The SMILES string of the molecule is COC1(c2noc(C(C)C3CNC3)n2)CCCCCC1. The Bertz CT molecular complexity index is 434. The molecule has 2 heterocycles. The molecule has 0 amide bonds. The minimum absolute atomic E-state index is 0.324. The normalized spacial score (nSPS) is 24.9. The quantitative estimate of drug-likeness (QED) is 0.858. The van der Waals surface area contributed by atoms with Crippen LogP contribution in [0.25, 0.3) is 0 Å². The molecule has 1 aliphatic carbocycles. The molecule has 5 heteroatoms. The minimum Gasteiger partial charge on any atom is -0.370 e. The van der Waals surface area contributed by atoms with Crippen LogP contribution < -0.4 is 5.32 Å². The van der Waals surface area contributed by atoms with Crippen LogP contribution in [0.5, 0.6) is 0 Å². The smallest absolute Gasteiger partial charge is 0.229 e. The van der Waals surface area contributed by atoms with Crippen LogP contribution in [-0.2, 0) is 10.3 Å². The van der Waals surface area contributed by atoms with E-state index in [0.717, 1.165) is 37.6 Å². The fraction of sp³-hybridized carbons (Fsp3) is 0.867. The van der Waals surface area contributed by atoms with Crippen LogP contribution in [0.4, 0.5) is 0 Å². The summed E-state index contributed by atoms with van der Waals surface area (Å²) in [6.45, 7) is 4.28. The van der Waals surface area contributed by atoms with E-state index in [-0.39, 0.29) is 5.60 Å². The molecule has 20 heavy (non-hydrogen) atoms. The van der Waals surface area contributed by atoms with Crippen molar-refractivity contribution < 1.29 is 9.26 Å². The zero-order valence-electron chi connectivity index (χ0n) is 12.5. The predicted molar refractivity (Wildman–Crippen MR) is 75.5 cm³/mol. The average Bonchev–Trinajstić information content (AvgIpc) is 2.77. The Kier molecular flexibility index (Phi) is 4.08. The first kappa shape index (κ1) is 14.0. The molecule has 1 aromatic rings. The second kappa shape index (κ2) is 5.82. The van der Waals surface area contributed by atoms with Gasteiger partial charge in [0, 0.05) is 13.0 Å². The van der Waals surface area contributed by atoms with Crippen molar-refractivity contribution in [1.29, 1.82) is 0 Å². The average molecular weight is 279 g/mol. The first-order chi connectivity index (χ1) is 9.75. The third-order valence-electron chi connectivity index (χ3n) is 5.06. The van der Waals surface area contributed by atoms with Crippen molar-refractivity contribution in [3.05, 3.63) is 11.7 Å². The van der Waals surface area contributed by atoms with Crippen molar-refractivity contribution in [3.8, 4) is 0 Å². The van der Waals surface area contributed by atoms with Crippen molar-refractivity contribution in [2.45, 2.75) is 57.0 Å². The molecule has 112 valence electrons. The highest BCUT2D eigenvalue weighted by Gasteiger charge is 2.39. The van der Waals surface area contributed by atoms with Gasteiger partial charge < -0.3 is 14.6 Å². The number of rotatable bonds is 4. The number of nitrogens with one attached hydrogen (secondary N) is 1. The molecule has 1 aromatic heterocycles. The number of hydrogen-bond acceptors (Lipinski definition) is 5. The second-order valence-corrected chi connectivity index (χ2v) is 6.28. The molecule has 1 aliphatic heterocycles. The lowest BCUT2D eigenvalue weighted by molar-refractivity contribution is -0.0365. The standard InChI is InChI=1S/C15H25N3O2/c1-11(12-9-16-10-12)13-17-14(18-20-13)15(19-2)7-5-3-4-6-8-15/h11-12,16H,3-10H2,1-2H3. The summed E-state index contributed by atoms with van der Waals surface area (Å²) in [7, 11) is 1.78. The molecular weight excluding hydrogens is 254 g/mol. The highest BCUT2D eigenvalue weighted by molar-refractivity contribution is 5.06. The van der Waals surface area contributed by atoms with Crippen LogP contribution in [0.2, 0.25) is 0 Å². The molecule has 0 radical (unpaired) electrons. The van der Waals surface area contributed by atoms with Gasteiger partial charge in [0.15, 0.2) is 0 Å². The lowest BCUT2D eigenvalue weighted by atomic mass is 9.89. The van der Waals surface area contributed by atoms with Crippen molar-refractivity contribution >= 4 is 0 Å². The summed E-state index contributed by atoms with van der Waals surface area (Å²) in [4.78, 5) is 4.69. The van der Waals surface area contributed by atoms with Gasteiger partial charge in [0.25, 0.3) is 0 Å². The molecule has 1 N–H and O–H groups in total. The van der Waals surface area contributed by atoms with Crippen LogP contribution >= 0.6 is 0 Å². The fourth-order valence-corrected chi connectivity index (χ4v) is 3.29. The maximum atomic E-state index is 5.84. The van der Waals surface area contributed by atoms with Crippen LogP contribution in [0.1, 0.15) is 63.1 Å². The van der Waals surface area contributed by atoms with E-state index in [4.69, 9.17) is 14.2 Å². The third-order valence-corrected chi connectivity index (χ3v) is 5.06. The summed E-state index contributed by atoms with van der Waals surface area (Å²) in [5.41, 5.74) is -0.324. The Morgan fingerprint density at radius 2 is 1.95 bits per heavy atom. The van der Waals surface area contributed by atoms with Gasteiger partial charge in [-0.25, -0.2) is 0 Å². The molecule has 1 unspecified atom stereocenters. The molecule has 2 fully saturated rings. The first-order valence-corrected chi connectivity index (χ1v) is 7.85. The largest absolute Gasteiger partial charge is 0.370 e. The molecule has 5 nitrogen and oxygen atoms in total. The summed E-state index contributed by atoms with van der Waals surface area (Å²) in [5, 5.41) is 7.55. The number of nitrogens with zero attached hydrogens (tertiary/aromatic N) is 2. The van der Waals surface area contributed by atoms with Crippen LogP contribution in [0.3, 0.4) is 0 Å². The number of methoxy groups -OCH3 is 1. The molecular formula is C15H25N3O2. The Hall–Kier alpha value is -0.940. The van der Waals surface area contributed by atoms with E-state index in [0.29, 0.717) is 11.8 Å². The van der Waals surface area contributed by atoms with Crippen molar-refractivity contribution in [1.82, 2.24) is 15.5 Å². The van der Waals surface area contributed by atoms with E-state index in [2.05, 4.69) is 17.4 Å². The Morgan fingerprint density at radius 3 is 2.50 bits per heavy atom. The number of hydrogen-bond donors (Lipinski definition) is 1. The zero-order chi connectivity index (χ0) is 14.0. The minimum atomic E-state index is -0.324. The molecule has 3 rings (SSSR count). The van der Waals surface area contributed by atoms with Crippen molar-refractivity contribution in [2.24, 2.45) is 5.92 Å². The number of ether oxygens (including phenoxy) is 1. The molecule has 2 aliphatic rings. The summed E-state index contributed by atoms with van der Waals surface area (Å²) < 4.78 is 11.4. The lowest BCUT2D eigenvalue weighted by Crippen LogP contribution is -2.44. The summed E-state index contributed by atoms with van der Waals surface area (Å²) in [6, 6.07) is 0. The highest BCUT2D eigenvalue weighted by Crippen LogP contribution is 2.38. The third kappa shape index (κ3) is 2.49. The van der Waals surface area contributed by atoms with Gasteiger partial charge in [-0.15, -0.1) is 0 Å². The van der Waals surface area contributed by atoms with E-state index in [9.17, 15) is 0 Å². The molecule has 0 spiro atoms. The second-order valence-electron chi connectivity index (χ2n) is 6.28. The Labute approximate surface area is 120 Å². The first-order valence-electron chi connectivity index (χ1n) is 7.85. The van der Waals surface area contributed by atoms with E-state index in [1.165, 1.54) is 25.7 Å². The van der Waals surface area contributed by atoms with Crippen LogP contribution in [-0.4, -0.2) is 30.3 Å². The predicted octanol–water partition coefficient (Wildman–Crippen LogP) is 2.59. The molecule has 0 bridgehead atoms. The van der Waals surface area contributed by atoms with Gasteiger partial charge >= 0.3 is 0 Å². The van der Waals surface area contributed by atoms with Gasteiger partial charge in [-0.1, -0.05) is 37.8 Å². The molecule has 1 atom stereocenters. The fourth-order valence-electron chi connectivity index (χ4n) is 3.29. The van der Waals surface area contributed by atoms with Gasteiger partial charge in [0.05, 0.1) is 0 Å². The maximum absolute atomic E-state index is 5.84. The lowest BCUT2D eigenvalue weighted by Gasteiger charge is -2.30. The highest BCUT2D eigenvalue weighted by atomic mass is 16.5. The van der Waals surface area contributed by atoms with Crippen LogP contribution in [0.15, 0.2) is 4.52 Å². The molecule has 1 saturated carbocycles. The Morgan fingerprint density at radius 1 is 1.25 bits per heavy atom.